The van der Waals surface area contributed by atoms with E-state index >= 15 is 0 Å². The van der Waals surface area contributed by atoms with Gasteiger partial charge >= 0.3 is 0 Å². The van der Waals surface area contributed by atoms with Crippen molar-refractivity contribution in [1.29, 1.82) is 0 Å². The fourth-order valence-corrected chi connectivity index (χ4v) is 4.94. The number of nitro groups is 1. The van der Waals surface area contributed by atoms with Gasteiger partial charge in [0.2, 0.25) is 0 Å². The zero-order chi connectivity index (χ0) is 14.9. The summed E-state index contributed by atoms with van der Waals surface area (Å²) in [6.45, 7) is 0.0924. The second-order valence-corrected chi connectivity index (χ2v) is 8.37. The number of thiophene rings is 1. The highest BCUT2D eigenvalue weighted by atomic mass is 35.5. The van der Waals surface area contributed by atoms with E-state index in [0.29, 0.717) is 17.0 Å². The predicted molar refractivity (Wildman–Crippen MR) is 76.8 cm³/mol. The van der Waals surface area contributed by atoms with Crippen molar-refractivity contribution in [2.24, 2.45) is 0 Å². The third-order valence-corrected chi connectivity index (χ3v) is 6.60. The average molecular weight is 354 g/mol. The molecule has 0 aromatic carbocycles. The lowest BCUT2D eigenvalue weighted by Gasteiger charge is -2.14. The van der Waals surface area contributed by atoms with Crippen molar-refractivity contribution in [3.05, 3.63) is 37.1 Å². The molecule has 0 atom stereocenters. The van der Waals surface area contributed by atoms with Crippen LogP contribution in [0.3, 0.4) is 0 Å². The van der Waals surface area contributed by atoms with E-state index in [1.165, 1.54) is 18.4 Å². The lowest BCUT2D eigenvalue weighted by Crippen LogP contribution is -2.25. The summed E-state index contributed by atoms with van der Waals surface area (Å²) in [5.41, 5.74) is 1.80. The summed E-state index contributed by atoms with van der Waals surface area (Å²) in [5.74, 6) is 0. The van der Waals surface area contributed by atoms with Crippen molar-refractivity contribution in [2.45, 2.75) is 10.8 Å². The first-order valence-corrected chi connectivity index (χ1v) is 8.67. The van der Waals surface area contributed by atoms with Crippen molar-refractivity contribution in [3.63, 3.8) is 0 Å². The van der Waals surface area contributed by atoms with Gasteiger partial charge in [-0.05, 0) is 0 Å². The van der Waals surface area contributed by atoms with Gasteiger partial charge in [0.15, 0.2) is 4.34 Å². The number of aromatic nitrogens is 1. The van der Waals surface area contributed by atoms with Crippen molar-refractivity contribution >= 4 is 50.0 Å². The first-order chi connectivity index (χ1) is 9.32. The summed E-state index contributed by atoms with van der Waals surface area (Å²) in [6.07, 6.45) is 0. The molecular weight excluding hydrogens is 346 g/mol. The van der Waals surface area contributed by atoms with Gasteiger partial charge in [0.05, 0.1) is 22.7 Å². The molecule has 108 valence electrons. The Bertz CT molecular complexity index is 726. The molecule has 0 radical (unpaired) electrons. The van der Waals surface area contributed by atoms with Crippen LogP contribution in [0.2, 0.25) is 4.34 Å². The molecule has 0 amide bonds. The minimum absolute atomic E-state index is 0.0924. The third-order valence-electron chi connectivity index (χ3n) is 2.38. The monoisotopic (exact) mass is 353 g/mol. The quantitative estimate of drug-likeness (QED) is 0.608. The van der Waals surface area contributed by atoms with E-state index in [1.54, 1.807) is 10.9 Å². The van der Waals surface area contributed by atoms with E-state index in [9.17, 15) is 18.5 Å². The number of thiazole rings is 1. The molecule has 0 saturated carbocycles. The molecule has 11 heteroatoms. The van der Waals surface area contributed by atoms with E-state index in [-0.39, 0.29) is 15.1 Å². The topological polar surface area (TPSA) is 93.4 Å². The summed E-state index contributed by atoms with van der Waals surface area (Å²) in [7, 11) is -2.44. The first kappa shape index (κ1) is 15.3. The van der Waals surface area contributed by atoms with Crippen molar-refractivity contribution in [3.8, 4) is 0 Å². The molecule has 2 aromatic rings. The molecule has 2 aromatic heterocycles. The number of hydrogen-bond acceptors (Lipinski definition) is 7. The second-order valence-electron chi connectivity index (χ2n) is 3.72. The number of nitrogens with zero attached hydrogens (tertiary/aromatic N) is 3. The highest BCUT2D eigenvalue weighted by molar-refractivity contribution is 7.91. The molecule has 2 rings (SSSR count). The van der Waals surface area contributed by atoms with Gasteiger partial charge < -0.3 is 0 Å². The van der Waals surface area contributed by atoms with Crippen LogP contribution in [0, 0.1) is 10.1 Å². The van der Waals surface area contributed by atoms with Gasteiger partial charge in [-0.1, -0.05) is 11.6 Å². The van der Waals surface area contributed by atoms with E-state index in [4.69, 9.17) is 11.6 Å². The summed E-state index contributed by atoms with van der Waals surface area (Å²) in [6, 6.07) is 0.972. The van der Waals surface area contributed by atoms with Gasteiger partial charge in [-0.15, -0.1) is 22.7 Å². The summed E-state index contributed by atoms with van der Waals surface area (Å²) < 4.78 is 25.3. The van der Waals surface area contributed by atoms with Crippen LogP contribution in [0.4, 0.5) is 5.69 Å². The van der Waals surface area contributed by atoms with Gasteiger partial charge in [-0.25, -0.2) is 13.4 Å². The molecule has 20 heavy (non-hydrogen) atoms. The Labute approximate surface area is 127 Å². The molecule has 0 bridgehead atoms. The lowest BCUT2D eigenvalue weighted by molar-refractivity contribution is -0.384. The molecular formula is C9H8ClN3O4S3. The Morgan fingerprint density at radius 2 is 2.25 bits per heavy atom. The lowest BCUT2D eigenvalue weighted by atomic mass is 10.5. The van der Waals surface area contributed by atoms with Crippen molar-refractivity contribution < 1.29 is 13.3 Å². The smallest absolute Gasteiger partial charge is 0.258 e. The second kappa shape index (κ2) is 5.74. The minimum atomic E-state index is -3.82. The van der Waals surface area contributed by atoms with E-state index in [2.05, 4.69) is 4.98 Å². The van der Waals surface area contributed by atoms with Crippen LogP contribution in [0.15, 0.2) is 21.2 Å². The van der Waals surface area contributed by atoms with Crippen molar-refractivity contribution in [2.75, 3.05) is 7.05 Å². The summed E-state index contributed by atoms with van der Waals surface area (Å²) in [4.78, 5) is 14.0. The largest absolute Gasteiger partial charge is 0.300 e. The van der Waals surface area contributed by atoms with Gasteiger partial charge in [0.25, 0.3) is 15.7 Å². The Kier molecular flexibility index (Phi) is 4.39. The zero-order valence-electron chi connectivity index (χ0n) is 10.0. The standard InChI is InChI=1S/C9H8ClN3O4S3/c1-12(3-6-4-18-5-11-6)20(16,17)8-2-7(13(14)15)9(10)19-8/h2,4-5H,3H2,1H3. The number of hydrogen-bond donors (Lipinski definition) is 0. The van der Waals surface area contributed by atoms with Crippen LogP contribution < -0.4 is 0 Å². The van der Waals surface area contributed by atoms with Crippen LogP contribution in [0.1, 0.15) is 5.69 Å². The Hall–Kier alpha value is -1.07. The van der Waals surface area contributed by atoms with E-state index in [0.717, 1.165) is 10.4 Å². The SMILES string of the molecule is CN(Cc1cscn1)S(=O)(=O)c1cc([N+](=O)[O-])c(Cl)s1. The molecule has 0 spiro atoms. The maximum atomic E-state index is 12.3. The highest BCUT2D eigenvalue weighted by Crippen LogP contribution is 2.37. The third kappa shape index (κ3) is 2.99. The van der Waals surface area contributed by atoms with Crippen LogP contribution >= 0.6 is 34.3 Å². The number of rotatable bonds is 5. The Balaban J connectivity index is 2.30. The molecule has 7 nitrogen and oxygen atoms in total. The van der Waals surface area contributed by atoms with Crippen LogP contribution in [0.5, 0.6) is 0 Å². The Morgan fingerprint density at radius 3 is 2.75 bits per heavy atom. The van der Waals surface area contributed by atoms with Gasteiger partial charge in [0.1, 0.15) is 4.21 Å². The van der Waals surface area contributed by atoms with E-state index in [1.807, 2.05) is 0 Å². The van der Waals surface area contributed by atoms with Gasteiger partial charge in [-0.3, -0.25) is 10.1 Å². The molecule has 0 aliphatic carbocycles. The summed E-state index contributed by atoms with van der Waals surface area (Å²) >= 11 is 7.70. The molecule has 0 saturated heterocycles. The van der Waals surface area contributed by atoms with Crippen LogP contribution in [-0.4, -0.2) is 29.7 Å². The minimum Gasteiger partial charge on any atom is -0.258 e. The van der Waals surface area contributed by atoms with E-state index < -0.39 is 20.6 Å². The highest BCUT2D eigenvalue weighted by Gasteiger charge is 2.28. The average Bonchev–Trinajstić information content (AvgIpc) is 2.98. The fraction of sp³-hybridized carbons (Fsp3) is 0.222. The van der Waals surface area contributed by atoms with Gasteiger partial charge in [0, 0.05) is 18.5 Å². The fourth-order valence-electron chi connectivity index (χ4n) is 1.37. The normalized spacial score (nSPS) is 11.9. The molecule has 0 N–H and O–H groups in total. The number of halogens is 1. The Morgan fingerprint density at radius 1 is 1.55 bits per heavy atom. The molecule has 0 aliphatic rings. The predicted octanol–water partition coefficient (Wildman–Crippen LogP) is 2.59. The molecule has 0 unspecified atom stereocenters. The summed E-state index contributed by atoms with van der Waals surface area (Å²) in [5, 5.41) is 12.4. The van der Waals surface area contributed by atoms with Crippen molar-refractivity contribution in [1.82, 2.24) is 9.29 Å². The van der Waals surface area contributed by atoms with Crippen LogP contribution in [-0.2, 0) is 16.6 Å². The molecule has 0 fully saturated rings. The zero-order valence-corrected chi connectivity index (χ0v) is 13.2. The molecule has 2 heterocycles. The van der Waals surface area contributed by atoms with Gasteiger partial charge in [-0.2, -0.15) is 4.31 Å². The maximum absolute atomic E-state index is 12.3. The maximum Gasteiger partial charge on any atom is 0.300 e. The molecule has 0 aliphatic heterocycles. The number of sulfonamides is 1. The first-order valence-electron chi connectivity index (χ1n) is 5.09. The van der Waals surface area contributed by atoms with Crippen LogP contribution in [0.25, 0.3) is 0 Å².